The minimum absolute atomic E-state index is 0.00903. The Bertz CT molecular complexity index is 1210. The van der Waals surface area contributed by atoms with E-state index in [1.54, 1.807) is 28.9 Å². The fourth-order valence-corrected chi connectivity index (χ4v) is 4.02. The van der Waals surface area contributed by atoms with E-state index in [4.69, 9.17) is 0 Å². The molecule has 1 aliphatic carbocycles. The third-order valence-electron chi connectivity index (χ3n) is 5.04. The number of Topliss-reactive ketones (excluding diaryl/α,β-unsaturated/α-hetero) is 1. The highest BCUT2D eigenvalue weighted by Crippen LogP contribution is 2.36. The van der Waals surface area contributed by atoms with Crippen molar-refractivity contribution >= 4 is 38.6 Å². The Morgan fingerprint density at radius 3 is 2.47 bits per heavy atom. The van der Waals surface area contributed by atoms with E-state index in [1.165, 1.54) is 12.3 Å². The van der Waals surface area contributed by atoms with Gasteiger partial charge in [-0.15, -0.1) is 0 Å². The molecular weight excluding hydrogens is 402 g/mol. The van der Waals surface area contributed by atoms with Gasteiger partial charge >= 0.3 is 0 Å². The molecule has 1 aromatic carbocycles. The SMILES string of the molecule is Cc1cc(Nc2cc(Nc3ccccc3S(C)(=O)=O)c(C(=O)C3CC3)cn2)nn1C. The second kappa shape index (κ2) is 7.56. The molecule has 8 nitrogen and oxygen atoms in total. The smallest absolute Gasteiger partial charge is 0.177 e. The molecule has 4 rings (SSSR count). The van der Waals surface area contributed by atoms with Crippen LogP contribution in [0.1, 0.15) is 28.9 Å². The third kappa shape index (κ3) is 4.20. The summed E-state index contributed by atoms with van der Waals surface area (Å²) in [6, 6.07) is 10.2. The van der Waals surface area contributed by atoms with E-state index in [2.05, 4.69) is 20.7 Å². The van der Waals surface area contributed by atoms with Crippen LogP contribution >= 0.6 is 0 Å². The molecule has 0 atom stereocenters. The van der Waals surface area contributed by atoms with Crippen LogP contribution in [-0.4, -0.2) is 35.2 Å². The predicted octanol–water partition coefficient (Wildman–Crippen LogP) is 3.61. The Labute approximate surface area is 175 Å². The number of carbonyl (C=O) groups excluding carboxylic acids is 1. The van der Waals surface area contributed by atoms with E-state index in [1.807, 2.05) is 20.0 Å². The Morgan fingerprint density at radius 1 is 1.10 bits per heavy atom. The zero-order chi connectivity index (χ0) is 21.5. The first kappa shape index (κ1) is 20.1. The lowest BCUT2D eigenvalue weighted by atomic mass is 10.1. The maximum atomic E-state index is 12.8. The summed E-state index contributed by atoms with van der Waals surface area (Å²) in [6.45, 7) is 1.94. The van der Waals surface area contributed by atoms with Gasteiger partial charge in [0, 0.05) is 43.2 Å². The number of para-hydroxylation sites is 1. The third-order valence-corrected chi connectivity index (χ3v) is 6.20. The fraction of sp³-hybridized carbons (Fsp3) is 0.286. The summed E-state index contributed by atoms with van der Waals surface area (Å²) < 4.78 is 26.1. The van der Waals surface area contributed by atoms with Crippen LogP contribution in [0.2, 0.25) is 0 Å². The van der Waals surface area contributed by atoms with Crippen LogP contribution in [0.25, 0.3) is 0 Å². The number of hydrogen-bond donors (Lipinski definition) is 2. The number of anilines is 4. The summed E-state index contributed by atoms with van der Waals surface area (Å²) in [4.78, 5) is 17.3. The van der Waals surface area contributed by atoms with Gasteiger partial charge in [0.1, 0.15) is 5.82 Å². The average Bonchev–Trinajstić information content (AvgIpc) is 3.48. The number of benzene rings is 1. The van der Waals surface area contributed by atoms with Gasteiger partial charge in [0.2, 0.25) is 0 Å². The molecule has 0 radical (unpaired) electrons. The number of ketones is 1. The standard InChI is InChI=1S/C21H23N5O3S/c1-13-10-20(25-26(13)2)24-19-11-17(15(12-22-19)21(27)14-8-9-14)23-16-6-4-5-7-18(16)30(3,28)29/h4-7,10-12,14H,8-9H2,1-3H3,(H2,22,23,24,25). The van der Waals surface area contributed by atoms with Crippen LogP contribution in [-0.2, 0) is 16.9 Å². The number of carbonyl (C=O) groups is 1. The Kier molecular flexibility index (Phi) is 5.07. The summed E-state index contributed by atoms with van der Waals surface area (Å²) >= 11 is 0. The topological polar surface area (TPSA) is 106 Å². The molecule has 30 heavy (non-hydrogen) atoms. The monoisotopic (exact) mass is 425 g/mol. The second-order valence-electron chi connectivity index (χ2n) is 7.57. The Morgan fingerprint density at radius 2 is 1.83 bits per heavy atom. The number of sulfone groups is 1. The van der Waals surface area contributed by atoms with E-state index < -0.39 is 9.84 Å². The molecule has 3 aromatic rings. The minimum Gasteiger partial charge on any atom is -0.354 e. The summed E-state index contributed by atoms with van der Waals surface area (Å²) in [5, 5.41) is 10.6. The number of hydrogen-bond acceptors (Lipinski definition) is 7. The summed E-state index contributed by atoms with van der Waals surface area (Å²) in [6.07, 6.45) is 4.42. The molecule has 1 aliphatic rings. The van der Waals surface area contributed by atoms with Crippen LogP contribution in [0.15, 0.2) is 47.5 Å². The summed E-state index contributed by atoms with van der Waals surface area (Å²) in [5.41, 5.74) is 2.35. The van der Waals surface area contributed by atoms with Gasteiger partial charge in [0.05, 0.1) is 21.8 Å². The molecule has 156 valence electrons. The molecule has 0 spiro atoms. The van der Waals surface area contributed by atoms with Crippen LogP contribution in [0, 0.1) is 12.8 Å². The van der Waals surface area contributed by atoms with E-state index in [-0.39, 0.29) is 16.6 Å². The molecule has 0 saturated heterocycles. The summed E-state index contributed by atoms with van der Waals surface area (Å²) in [7, 11) is -1.60. The van der Waals surface area contributed by atoms with Crippen LogP contribution in [0.5, 0.6) is 0 Å². The van der Waals surface area contributed by atoms with E-state index >= 15 is 0 Å². The van der Waals surface area contributed by atoms with E-state index in [0.29, 0.717) is 28.6 Å². The van der Waals surface area contributed by atoms with Crippen molar-refractivity contribution in [3.8, 4) is 0 Å². The maximum Gasteiger partial charge on any atom is 0.177 e. The van der Waals surface area contributed by atoms with Crippen molar-refractivity contribution in [1.82, 2.24) is 14.8 Å². The molecule has 2 aromatic heterocycles. The molecule has 1 saturated carbocycles. The van der Waals surface area contributed by atoms with E-state index in [0.717, 1.165) is 24.8 Å². The van der Waals surface area contributed by atoms with Crippen molar-refractivity contribution in [1.29, 1.82) is 0 Å². The molecule has 2 heterocycles. The van der Waals surface area contributed by atoms with Crippen molar-refractivity contribution in [3.05, 3.63) is 53.9 Å². The Hall–Kier alpha value is -3.20. The van der Waals surface area contributed by atoms with Gasteiger partial charge < -0.3 is 10.6 Å². The molecule has 9 heteroatoms. The number of aryl methyl sites for hydroxylation is 2. The van der Waals surface area contributed by atoms with Crippen LogP contribution in [0.3, 0.4) is 0 Å². The second-order valence-corrected chi connectivity index (χ2v) is 9.55. The maximum absolute atomic E-state index is 12.8. The lowest BCUT2D eigenvalue weighted by Crippen LogP contribution is -2.09. The molecule has 0 bridgehead atoms. The number of nitrogens with zero attached hydrogens (tertiary/aromatic N) is 3. The molecule has 0 aliphatic heterocycles. The van der Waals surface area contributed by atoms with Crippen LogP contribution < -0.4 is 10.6 Å². The molecule has 0 amide bonds. The predicted molar refractivity (Wildman–Crippen MR) is 115 cm³/mol. The summed E-state index contributed by atoms with van der Waals surface area (Å²) in [5.74, 6) is 1.16. The normalized spacial score (nSPS) is 13.8. The first-order chi connectivity index (χ1) is 14.2. The van der Waals surface area contributed by atoms with Crippen molar-refractivity contribution in [3.63, 3.8) is 0 Å². The lowest BCUT2D eigenvalue weighted by molar-refractivity contribution is 0.0968. The van der Waals surface area contributed by atoms with Gasteiger partial charge in [0.15, 0.2) is 21.4 Å². The first-order valence-corrected chi connectivity index (χ1v) is 11.5. The zero-order valence-corrected chi connectivity index (χ0v) is 17.8. The van der Waals surface area contributed by atoms with Gasteiger partial charge in [-0.05, 0) is 31.9 Å². The van der Waals surface area contributed by atoms with Gasteiger partial charge in [-0.1, -0.05) is 12.1 Å². The van der Waals surface area contributed by atoms with Gasteiger partial charge in [-0.2, -0.15) is 5.10 Å². The minimum atomic E-state index is -3.44. The number of pyridine rings is 1. The molecule has 1 fully saturated rings. The average molecular weight is 426 g/mol. The van der Waals surface area contributed by atoms with Crippen LogP contribution in [0.4, 0.5) is 23.0 Å². The number of nitrogens with one attached hydrogen (secondary N) is 2. The largest absolute Gasteiger partial charge is 0.354 e. The lowest BCUT2D eigenvalue weighted by Gasteiger charge is -2.15. The number of rotatable bonds is 7. The first-order valence-electron chi connectivity index (χ1n) is 9.60. The van der Waals surface area contributed by atoms with Gasteiger partial charge in [-0.3, -0.25) is 9.48 Å². The van der Waals surface area contributed by atoms with Crippen molar-refractivity contribution < 1.29 is 13.2 Å². The quantitative estimate of drug-likeness (QED) is 0.557. The van der Waals surface area contributed by atoms with Crippen molar-refractivity contribution in [2.75, 3.05) is 16.9 Å². The number of aromatic nitrogens is 3. The van der Waals surface area contributed by atoms with E-state index in [9.17, 15) is 13.2 Å². The zero-order valence-electron chi connectivity index (χ0n) is 17.0. The molecule has 2 N–H and O–H groups in total. The van der Waals surface area contributed by atoms with Gasteiger partial charge in [0.25, 0.3) is 0 Å². The Balaban J connectivity index is 1.73. The molecule has 0 unspecified atom stereocenters. The van der Waals surface area contributed by atoms with Crippen molar-refractivity contribution in [2.45, 2.75) is 24.7 Å². The fourth-order valence-electron chi connectivity index (χ4n) is 3.18. The van der Waals surface area contributed by atoms with Crippen molar-refractivity contribution in [2.24, 2.45) is 13.0 Å². The highest BCUT2D eigenvalue weighted by molar-refractivity contribution is 7.90. The molecular formula is C21H23N5O3S. The van der Waals surface area contributed by atoms with Gasteiger partial charge in [-0.25, -0.2) is 13.4 Å². The highest BCUT2D eigenvalue weighted by Gasteiger charge is 2.32. The highest BCUT2D eigenvalue weighted by atomic mass is 32.2.